The molecule has 4 rings (SSSR count). The Morgan fingerprint density at radius 2 is 1.74 bits per heavy atom. The second kappa shape index (κ2) is 7.88. The van der Waals surface area contributed by atoms with E-state index >= 15 is 0 Å². The first-order chi connectivity index (χ1) is 13.2. The Morgan fingerprint density at radius 1 is 0.963 bits per heavy atom. The highest BCUT2D eigenvalue weighted by atomic mass is 16.1. The Labute approximate surface area is 159 Å². The lowest BCUT2D eigenvalue weighted by atomic mass is 10.1. The number of rotatable bonds is 6. The molecule has 0 unspecified atom stereocenters. The van der Waals surface area contributed by atoms with E-state index in [0.29, 0.717) is 0 Å². The summed E-state index contributed by atoms with van der Waals surface area (Å²) in [7, 11) is 0. The zero-order chi connectivity index (χ0) is 18.6. The molecule has 0 saturated carbocycles. The molecular formula is C21H25N5O. The van der Waals surface area contributed by atoms with E-state index < -0.39 is 5.91 Å². The van der Waals surface area contributed by atoms with Crippen LogP contribution >= 0.6 is 0 Å². The van der Waals surface area contributed by atoms with Gasteiger partial charge in [0, 0.05) is 12.1 Å². The van der Waals surface area contributed by atoms with Crippen LogP contribution in [0.1, 0.15) is 36.2 Å². The molecule has 0 atom stereocenters. The minimum Gasteiger partial charge on any atom is -0.364 e. The van der Waals surface area contributed by atoms with Gasteiger partial charge in [0.15, 0.2) is 5.65 Å². The number of carbonyl (C=O) groups is 1. The Hall–Kier alpha value is -2.73. The first-order valence-electron chi connectivity index (χ1n) is 9.67. The number of hydrogen-bond donors (Lipinski definition) is 1. The van der Waals surface area contributed by atoms with Gasteiger partial charge in [-0.3, -0.25) is 4.79 Å². The van der Waals surface area contributed by atoms with Crippen LogP contribution < -0.4 is 5.73 Å². The molecule has 1 amide bonds. The van der Waals surface area contributed by atoms with Gasteiger partial charge < -0.3 is 15.2 Å². The van der Waals surface area contributed by atoms with Crippen molar-refractivity contribution >= 4 is 17.1 Å². The number of piperidine rings is 1. The van der Waals surface area contributed by atoms with Crippen LogP contribution in [0.25, 0.3) is 22.6 Å². The molecule has 140 valence electrons. The molecule has 1 fully saturated rings. The van der Waals surface area contributed by atoms with E-state index in [2.05, 4.69) is 26.6 Å². The Morgan fingerprint density at radius 3 is 2.48 bits per heavy atom. The topological polar surface area (TPSA) is 77.0 Å². The normalized spacial score (nSPS) is 15.3. The highest BCUT2D eigenvalue weighted by Crippen LogP contribution is 2.24. The van der Waals surface area contributed by atoms with Crippen molar-refractivity contribution in [3.05, 3.63) is 48.2 Å². The average Bonchev–Trinajstić information content (AvgIpc) is 3.07. The predicted molar refractivity (Wildman–Crippen MR) is 106 cm³/mol. The summed E-state index contributed by atoms with van der Waals surface area (Å²) in [6.45, 7) is 4.27. The fourth-order valence-corrected chi connectivity index (χ4v) is 3.79. The third-order valence-electron chi connectivity index (χ3n) is 5.18. The van der Waals surface area contributed by atoms with Crippen molar-refractivity contribution in [1.29, 1.82) is 0 Å². The fourth-order valence-electron chi connectivity index (χ4n) is 3.79. The molecule has 27 heavy (non-hydrogen) atoms. The number of amides is 1. The van der Waals surface area contributed by atoms with Crippen LogP contribution in [0.5, 0.6) is 0 Å². The van der Waals surface area contributed by atoms with Gasteiger partial charge in [-0.15, -0.1) is 0 Å². The number of primary amides is 1. The van der Waals surface area contributed by atoms with Crippen molar-refractivity contribution in [2.75, 3.05) is 19.6 Å². The lowest BCUT2D eigenvalue weighted by Gasteiger charge is -2.26. The minimum atomic E-state index is -0.515. The summed E-state index contributed by atoms with van der Waals surface area (Å²) in [4.78, 5) is 23.4. The van der Waals surface area contributed by atoms with Gasteiger partial charge in [0.25, 0.3) is 5.91 Å². The Kier molecular flexibility index (Phi) is 5.16. The van der Waals surface area contributed by atoms with E-state index in [1.54, 1.807) is 6.07 Å². The second-order valence-corrected chi connectivity index (χ2v) is 7.11. The molecule has 6 heteroatoms. The van der Waals surface area contributed by atoms with Gasteiger partial charge in [-0.05, 0) is 51.0 Å². The number of nitrogens with zero attached hydrogens (tertiary/aromatic N) is 4. The van der Waals surface area contributed by atoms with Crippen LogP contribution in [-0.4, -0.2) is 45.0 Å². The molecule has 1 saturated heterocycles. The molecule has 2 N–H and O–H groups in total. The molecule has 1 aromatic carbocycles. The maximum absolute atomic E-state index is 11.6. The SMILES string of the molecule is NC(=O)c1ccc2nc(-c3ccccc3)n(CCCN3CCCCC3)c2n1. The van der Waals surface area contributed by atoms with Crippen molar-refractivity contribution in [1.82, 2.24) is 19.4 Å². The number of fused-ring (bicyclic) bond motifs is 1. The Bertz CT molecular complexity index is 928. The summed E-state index contributed by atoms with van der Waals surface area (Å²) in [6, 6.07) is 13.6. The molecule has 6 nitrogen and oxygen atoms in total. The van der Waals surface area contributed by atoms with Crippen LogP contribution in [-0.2, 0) is 6.54 Å². The number of benzene rings is 1. The number of hydrogen-bond acceptors (Lipinski definition) is 4. The monoisotopic (exact) mass is 363 g/mol. The summed E-state index contributed by atoms with van der Waals surface area (Å²) in [5.41, 5.74) is 8.27. The maximum Gasteiger partial charge on any atom is 0.267 e. The molecule has 3 heterocycles. The molecule has 0 radical (unpaired) electrons. The van der Waals surface area contributed by atoms with Gasteiger partial charge in [-0.2, -0.15) is 0 Å². The van der Waals surface area contributed by atoms with Gasteiger partial charge >= 0.3 is 0 Å². The fraction of sp³-hybridized carbons (Fsp3) is 0.381. The number of likely N-dealkylation sites (tertiary alicyclic amines) is 1. The molecule has 2 aromatic heterocycles. The van der Waals surface area contributed by atoms with Gasteiger partial charge in [-0.1, -0.05) is 36.8 Å². The first-order valence-corrected chi connectivity index (χ1v) is 9.67. The smallest absolute Gasteiger partial charge is 0.267 e. The third-order valence-corrected chi connectivity index (χ3v) is 5.18. The van der Waals surface area contributed by atoms with Crippen LogP contribution in [0.4, 0.5) is 0 Å². The average molecular weight is 363 g/mol. The molecule has 3 aromatic rings. The van der Waals surface area contributed by atoms with E-state index in [1.807, 2.05) is 24.3 Å². The quantitative estimate of drug-likeness (QED) is 0.730. The molecule has 0 bridgehead atoms. The van der Waals surface area contributed by atoms with Gasteiger partial charge in [-0.25, -0.2) is 9.97 Å². The van der Waals surface area contributed by atoms with Crippen LogP contribution in [0, 0.1) is 0 Å². The summed E-state index contributed by atoms with van der Waals surface area (Å²) in [6.07, 6.45) is 4.97. The lowest BCUT2D eigenvalue weighted by Crippen LogP contribution is -2.31. The largest absolute Gasteiger partial charge is 0.364 e. The third kappa shape index (κ3) is 3.85. The minimum absolute atomic E-state index is 0.277. The van der Waals surface area contributed by atoms with Crippen molar-refractivity contribution in [2.24, 2.45) is 5.73 Å². The van der Waals surface area contributed by atoms with E-state index in [-0.39, 0.29) is 5.69 Å². The summed E-state index contributed by atoms with van der Waals surface area (Å²) >= 11 is 0. The van der Waals surface area contributed by atoms with E-state index in [0.717, 1.165) is 42.1 Å². The summed E-state index contributed by atoms with van der Waals surface area (Å²) in [5.74, 6) is 0.373. The van der Waals surface area contributed by atoms with E-state index in [1.165, 1.54) is 32.4 Å². The number of nitrogens with two attached hydrogens (primary N) is 1. The van der Waals surface area contributed by atoms with Crippen molar-refractivity contribution < 1.29 is 4.79 Å². The zero-order valence-electron chi connectivity index (χ0n) is 15.5. The number of pyridine rings is 1. The van der Waals surface area contributed by atoms with Gasteiger partial charge in [0.2, 0.25) is 0 Å². The standard InChI is InChI=1S/C21H25N5O/c22-19(27)17-10-11-18-21(23-17)26(15-7-14-25-12-5-2-6-13-25)20(24-18)16-8-3-1-4-9-16/h1,3-4,8-11H,2,5-7,12-15H2,(H2,22,27). The van der Waals surface area contributed by atoms with Gasteiger partial charge in [0.05, 0.1) is 0 Å². The van der Waals surface area contributed by atoms with Crippen molar-refractivity contribution in [3.63, 3.8) is 0 Å². The summed E-state index contributed by atoms with van der Waals surface area (Å²) in [5, 5.41) is 0. The lowest BCUT2D eigenvalue weighted by molar-refractivity contribution is 0.0996. The van der Waals surface area contributed by atoms with Crippen LogP contribution in [0.2, 0.25) is 0 Å². The number of carbonyl (C=O) groups excluding carboxylic acids is 1. The van der Waals surface area contributed by atoms with E-state index in [4.69, 9.17) is 10.7 Å². The molecule has 1 aliphatic heterocycles. The van der Waals surface area contributed by atoms with Crippen LogP contribution in [0.3, 0.4) is 0 Å². The number of aryl methyl sites for hydroxylation is 1. The number of aromatic nitrogens is 3. The predicted octanol–water partition coefficient (Wildman–Crippen LogP) is 3.07. The number of imidazole rings is 1. The molecule has 0 aliphatic carbocycles. The molecule has 1 aliphatic rings. The Balaban J connectivity index is 1.66. The van der Waals surface area contributed by atoms with Crippen LogP contribution in [0.15, 0.2) is 42.5 Å². The molecule has 0 spiro atoms. The van der Waals surface area contributed by atoms with Gasteiger partial charge in [0.1, 0.15) is 17.0 Å². The summed E-state index contributed by atoms with van der Waals surface area (Å²) < 4.78 is 2.13. The van der Waals surface area contributed by atoms with Crippen molar-refractivity contribution in [3.8, 4) is 11.4 Å². The maximum atomic E-state index is 11.6. The zero-order valence-corrected chi connectivity index (χ0v) is 15.5. The molecular weight excluding hydrogens is 338 g/mol. The second-order valence-electron chi connectivity index (χ2n) is 7.11. The highest BCUT2D eigenvalue weighted by Gasteiger charge is 2.16. The first kappa shape index (κ1) is 17.7. The van der Waals surface area contributed by atoms with E-state index in [9.17, 15) is 4.79 Å². The van der Waals surface area contributed by atoms with Crippen molar-refractivity contribution in [2.45, 2.75) is 32.2 Å². The highest BCUT2D eigenvalue weighted by molar-refractivity contribution is 5.93.